The molecule has 0 unspecified atom stereocenters. The molecule has 1 aliphatic rings. The number of anilines is 1. The lowest BCUT2D eigenvalue weighted by atomic mass is 10.2. The Bertz CT molecular complexity index is 1020. The Morgan fingerprint density at radius 1 is 1.07 bits per heavy atom. The van der Waals surface area contributed by atoms with E-state index in [9.17, 15) is 4.79 Å². The van der Waals surface area contributed by atoms with E-state index < -0.39 is 0 Å². The number of imidazole rings is 1. The molecule has 1 aliphatic heterocycles. The molecule has 29 heavy (non-hydrogen) atoms. The minimum Gasteiger partial charge on any atom is -0.369 e. The zero-order valence-corrected chi connectivity index (χ0v) is 17.5. The molecule has 6 nitrogen and oxygen atoms in total. The van der Waals surface area contributed by atoms with Gasteiger partial charge in [-0.1, -0.05) is 18.2 Å². The summed E-state index contributed by atoms with van der Waals surface area (Å²) in [6.07, 6.45) is 0. The molecule has 0 atom stereocenters. The van der Waals surface area contributed by atoms with Gasteiger partial charge in [-0.3, -0.25) is 9.69 Å². The highest BCUT2D eigenvalue weighted by Gasteiger charge is 2.19. The molecule has 152 valence electrons. The van der Waals surface area contributed by atoms with Crippen LogP contribution >= 0.6 is 0 Å². The molecule has 0 radical (unpaired) electrons. The van der Waals surface area contributed by atoms with Gasteiger partial charge in [-0.2, -0.15) is 0 Å². The van der Waals surface area contributed by atoms with Crippen molar-refractivity contribution in [2.75, 3.05) is 37.6 Å². The second kappa shape index (κ2) is 8.25. The van der Waals surface area contributed by atoms with Gasteiger partial charge in [0, 0.05) is 45.5 Å². The highest BCUT2D eigenvalue weighted by molar-refractivity contribution is 5.79. The van der Waals surface area contributed by atoms with Crippen LogP contribution in [0, 0.1) is 13.8 Å². The third-order valence-corrected chi connectivity index (χ3v) is 5.76. The predicted octanol–water partition coefficient (Wildman–Crippen LogP) is 2.63. The number of fused-ring (bicyclic) bond motifs is 1. The number of hydrogen-bond acceptors (Lipinski definition) is 4. The fraction of sp³-hybridized carbons (Fsp3) is 0.391. The maximum atomic E-state index is 12.4. The zero-order valence-electron chi connectivity index (χ0n) is 17.5. The minimum absolute atomic E-state index is 0.0753. The number of nitrogens with one attached hydrogen (secondary N) is 1. The van der Waals surface area contributed by atoms with Gasteiger partial charge >= 0.3 is 0 Å². The summed E-state index contributed by atoms with van der Waals surface area (Å²) in [6, 6.07) is 14.8. The first-order valence-corrected chi connectivity index (χ1v) is 10.2. The summed E-state index contributed by atoms with van der Waals surface area (Å²) < 4.78 is 2.08. The molecule has 1 fully saturated rings. The van der Waals surface area contributed by atoms with Gasteiger partial charge in [-0.15, -0.1) is 0 Å². The summed E-state index contributed by atoms with van der Waals surface area (Å²) in [6.45, 7) is 8.82. The Kier molecular flexibility index (Phi) is 5.53. The van der Waals surface area contributed by atoms with Crippen molar-refractivity contribution in [1.29, 1.82) is 0 Å². The van der Waals surface area contributed by atoms with Gasteiger partial charge in [-0.05, 0) is 49.2 Å². The Hall–Kier alpha value is -2.86. The summed E-state index contributed by atoms with van der Waals surface area (Å²) in [5.74, 6) is 1.07. The predicted molar refractivity (Wildman–Crippen MR) is 117 cm³/mol. The van der Waals surface area contributed by atoms with Crippen molar-refractivity contribution >= 4 is 22.6 Å². The number of amides is 1. The van der Waals surface area contributed by atoms with Crippen LogP contribution in [0.2, 0.25) is 0 Å². The van der Waals surface area contributed by atoms with E-state index in [0.29, 0.717) is 13.1 Å². The normalized spacial score (nSPS) is 15.1. The Morgan fingerprint density at radius 2 is 1.86 bits per heavy atom. The standard InChI is InChI=1S/C23H29N5O/c1-17-5-4-6-20(13-17)28-11-9-27(10-12-28)16-23(29)24-15-19-7-8-22-21(14-19)25-18(2)26(22)3/h4-8,13-14H,9-12,15-16H2,1-3H3,(H,24,29). The van der Waals surface area contributed by atoms with E-state index in [0.717, 1.165) is 48.6 Å². The molecular weight excluding hydrogens is 362 g/mol. The number of carbonyl (C=O) groups is 1. The molecule has 2 heterocycles. The molecule has 1 aromatic heterocycles. The van der Waals surface area contributed by atoms with Crippen molar-refractivity contribution in [1.82, 2.24) is 19.8 Å². The van der Waals surface area contributed by atoms with Crippen molar-refractivity contribution in [2.24, 2.45) is 7.05 Å². The average molecular weight is 392 g/mol. The maximum Gasteiger partial charge on any atom is 0.234 e. The van der Waals surface area contributed by atoms with E-state index in [1.165, 1.54) is 11.3 Å². The monoisotopic (exact) mass is 391 g/mol. The Balaban J connectivity index is 1.26. The molecule has 4 rings (SSSR count). The van der Waals surface area contributed by atoms with E-state index in [1.54, 1.807) is 0 Å². The lowest BCUT2D eigenvalue weighted by molar-refractivity contribution is -0.122. The first kappa shape index (κ1) is 19.5. The number of hydrogen-bond donors (Lipinski definition) is 1. The van der Waals surface area contributed by atoms with Crippen LogP contribution in [0.1, 0.15) is 17.0 Å². The third-order valence-electron chi connectivity index (χ3n) is 5.76. The molecule has 0 saturated carbocycles. The summed E-state index contributed by atoms with van der Waals surface area (Å²) in [7, 11) is 2.02. The first-order chi connectivity index (χ1) is 14.0. The smallest absolute Gasteiger partial charge is 0.234 e. The van der Waals surface area contributed by atoms with E-state index in [2.05, 4.69) is 74.1 Å². The molecule has 0 aliphatic carbocycles. The lowest BCUT2D eigenvalue weighted by Crippen LogP contribution is -2.49. The van der Waals surface area contributed by atoms with Gasteiger partial charge in [0.05, 0.1) is 17.6 Å². The van der Waals surface area contributed by atoms with Crippen LogP contribution in [0.3, 0.4) is 0 Å². The summed E-state index contributed by atoms with van der Waals surface area (Å²) in [5, 5.41) is 3.05. The number of nitrogens with zero attached hydrogens (tertiary/aromatic N) is 4. The topological polar surface area (TPSA) is 53.4 Å². The Labute approximate surface area is 172 Å². The fourth-order valence-electron chi connectivity index (χ4n) is 3.92. The summed E-state index contributed by atoms with van der Waals surface area (Å²) in [5.41, 5.74) is 5.72. The van der Waals surface area contributed by atoms with Gasteiger partial charge in [0.25, 0.3) is 0 Å². The Morgan fingerprint density at radius 3 is 2.62 bits per heavy atom. The van der Waals surface area contributed by atoms with Crippen molar-refractivity contribution in [3.05, 3.63) is 59.4 Å². The van der Waals surface area contributed by atoms with Crippen molar-refractivity contribution in [2.45, 2.75) is 20.4 Å². The highest BCUT2D eigenvalue weighted by Crippen LogP contribution is 2.18. The molecule has 0 bridgehead atoms. The molecule has 0 spiro atoms. The zero-order chi connectivity index (χ0) is 20.4. The lowest BCUT2D eigenvalue weighted by Gasteiger charge is -2.35. The van der Waals surface area contributed by atoms with E-state index in [1.807, 2.05) is 14.0 Å². The van der Waals surface area contributed by atoms with Crippen LogP contribution < -0.4 is 10.2 Å². The van der Waals surface area contributed by atoms with Crippen LogP contribution in [0.25, 0.3) is 11.0 Å². The molecule has 1 saturated heterocycles. The number of carbonyl (C=O) groups excluding carboxylic acids is 1. The molecular formula is C23H29N5O. The molecule has 2 aromatic carbocycles. The van der Waals surface area contributed by atoms with Gasteiger partial charge in [0.2, 0.25) is 5.91 Å². The number of piperazine rings is 1. The van der Waals surface area contributed by atoms with Gasteiger partial charge in [-0.25, -0.2) is 4.98 Å². The fourth-order valence-corrected chi connectivity index (χ4v) is 3.92. The van der Waals surface area contributed by atoms with E-state index >= 15 is 0 Å². The van der Waals surface area contributed by atoms with E-state index in [4.69, 9.17) is 0 Å². The van der Waals surface area contributed by atoms with E-state index in [-0.39, 0.29) is 5.91 Å². The number of aromatic nitrogens is 2. The number of benzene rings is 2. The summed E-state index contributed by atoms with van der Waals surface area (Å²) >= 11 is 0. The molecule has 1 N–H and O–H groups in total. The number of rotatable bonds is 5. The first-order valence-electron chi connectivity index (χ1n) is 10.2. The van der Waals surface area contributed by atoms with Crippen molar-refractivity contribution in [3.63, 3.8) is 0 Å². The van der Waals surface area contributed by atoms with Crippen LogP contribution in [-0.2, 0) is 18.4 Å². The van der Waals surface area contributed by atoms with Crippen LogP contribution in [0.5, 0.6) is 0 Å². The van der Waals surface area contributed by atoms with Crippen LogP contribution in [0.4, 0.5) is 5.69 Å². The van der Waals surface area contributed by atoms with Crippen molar-refractivity contribution < 1.29 is 4.79 Å². The quantitative estimate of drug-likeness (QED) is 0.727. The van der Waals surface area contributed by atoms with Crippen LogP contribution in [-0.4, -0.2) is 53.1 Å². The average Bonchev–Trinajstić information content (AvgIpc) is 3.00. The second-order valence-electron chi connectivity index (χ2n) is 7.92. The largest absolute Gasteiger partial charge is 0.369 e. The van der Waals surface area contributed by atoms with Gasteiger partial charge in [0.1, 0.15) is 5.82 Å². The highest BCUT2D eigenvalue weighted by atomic mass is 16.2. The SMILES string of the molecule is Cc1cccc(N2CCN(CC(=O)NCc3ccc4c(c3)nc(C)n4C)CC2)c1. The number of aryl methyl sites for hydroxylation is 3. The second-order valence-corrected chi connectivity index (χ2v) is 7.92. The third kappa shape index (κ3) is 4.43. The minimum atomic E-state index is 0.0753. The maximum absolute atomic E-state index is 12.4. The molecule has 6 heteroatoms. The summed E-state index contributed by atoms with van der Waals surface area (Å²) in [4.78, 5) is 21.6. The van der Waals surface area contributed by atoms with Gasteiger partial charge < -0.3 is 14.8 Å². The van der Waals surface area contributed by atoms with Crippen molar-refractivity contribution in [3.8, 4) is 0 Å². The van der Waals surface area contributed by atoms with Crippen LogP contribution in [0.15, 0.2) is 42.5 Å². The molecule has 3 aromatic rings. The molecule has 1 amide bonds. The van der Waals surface area contributed by atoms with Gasteiger partial charge in [0.15, 0.2) is 0 Å².